The van der Waals surface area contributed by atoms with Crippen LogP contribution in [-0.2, 0) is 23.1 Å². The zero-order valence-corrected chi connectivity index (χ0v) is 13.1. The molecule has 2 heterocycles. The van der Waals surface area contributed by atoms with Crippen molar-refractivity contribution < 1.29 is 12.9 Å². The van der Waals surface area contributed by atoms with Gasteiger partial charge in [0.25, 0.3) is 0 Å². The second-order valence-corrected chi connectivity index (χ2v) is 7.72. The highest BCUT2D eigenvalue weighted by molar-refractivity contribution is 7.89. The number of aromatic nitrogens is 2. The number of nitrogens with one attached hydrogen (secondary N) is 2. The molecule has 1 fully saturated rings. The van der Waals surface area contributed by atoms with Gasteiger partial charge in [-0.3, -0.25) is 0 Å². The van der Waals surface area contributed by atoms with E-state index in [0.717, 1.165) is 11.4 Å². The number of hydrogen-bond acceptors (Lipinski definition) is 7. The number of aryl methyl sites for hydroxylation is 1. The summed E-state index contributed by atoms with van der Waals surface area (Å²) in [5.41, 5.74) is 0. The average molecular weight is 328 g/mol. The Labute approximate surface area is 126 Å². The lowest BCUT2D eigenvalue weighted by Gasteiger charge is -2.01. The summed E-state index contributed by atoms with van der Waals surface area (Å²) in [6, 6.07) is 2.30. The predicted octanol–water partition coefficient (Wildman–Crippen LogP) is 1.17. The van der Waals surface area contributed by atoms with Crippen molar-refractivity contribution in [2.24, 2.45) is 0 Å². The largest absolute Gasteiger partial charge is 0.340 e. The molecule has 1 aliphatic carbocycles. The van der Waals surface area contributed by atoms with Crippen molar-refractivity contribution >= 4 is 21.4 Å². The fraction of sp³-hybridized carbons (Fsp3) is 0.500. The molecule has 1 saturated carbocycles. The number of nitrogens with zero attached hydrogens (tertiary/aromatic N) is 2. The van der Waals surface area contributed by atoms with Gasteiger partial charge in [0, 0.05) is 29.8 Å². The molecule has 21 heavy (non-hydrogen) atoms. The van der Waals surface area contributed by atoms with Gasteiger partial charge in [-0.05, 0) is 18.9 Å². The van der Waals surface area contributed by atoms with Gasteiger partial charge in [0.05, 0.1) is 11.4 Å². The first kappa shape index (κ1) is 14.6. The molecule has 0 saturated heterocycles. The molecule has 0 aliphatic heterocycles. The van der Waals surface area contributed by atoms with Gasteiger partial charge in [0.2, 0.25) is 15.9 Å². The van der Waals surface area contributed by atoms with Crippen LogP contribution in [-0.4, -0.2) is 24.6 Å². The summed E-state index contributed by atoms with van der Waals surface area (Å²) in [6.07, 6.45) is 2.42. The Hall–Kier alpha value is -1.29. The third-order valence-corrected chi connectivity index (χ3v) is 5.54. The first-order valence-electron chi connectivity index (χ1n) is 6.62. The molecule has 0 atom stereocenters. The van der Waals surface area contributed by atoms with E-state index in [0.29, 0.717) is 17.8 Å². The fourth-order valence-electron chi connectivity index (χ4n) is 1.78. The molecular formula is C12H16N4O3S2. The van der Waals surface area contributed by atoms with Gasteiger partial charge in [-0.15, -0.1) is 11.3 Å². The quantitative estimate of drug-likeness (QED) is 0.792. The van der Waals surface area contributed by atoms with Crippen molar-refractivity contribution in [1.82, 2.24) is 20.2 Å². The fourth-order valence-corrected chi connectivity index (χ4v) is 3.99. The predicted molar refractivity (Wildman–Crippen MR) is 77.2 cm³/mol. The summed E-state index contributed by atoms with van der Waals surface area (Å²) in [5, 5.41) is 8.66. The Morgan fingerprint density at radius 2 is 2.24 bits per heavy atom. The van der Waals surface area contributed by atoms with E-state index >= 15 is 0 Å². The molecule has 0 amide bonds. The van der Waals surface area contributed by atoms with Crippen LogP contribution in [0.15, 0.2) is 20.9 Å². The van der Waals surface area contributed by atoms with E-state index in [1.807, 2.05) is 0 Å². The van der Waals surface area contributed by atoms with Crippen LogP contribution in [0.25, 0.3) is 0 Å². The Kier molecular flexibility index (Phi) is 4.07. The van der Waals surface area contributed by atoms with Crippen LogP contribution in [0.5, 0.6) is 0 Å². The highest BCUT2D eigenvalue weighted by Gasteiger charge is 2.21. The zero-order chi connectivity index (χ0) is 14.9. The van der Waals surface area contributed by atoms with E-state index in [1.165, 1.54) is 24.2 Å². The molecule has 1 aliphatic rings. The molecular weight excluding hydrogens is 312 g/mol. The maximum atomic E-state index is 12.2. The van der Waals surface area contributed by atoms with E-state index in [-0.39, 0.29) is 11.4 Å². The molecule has 9 heteroatoms. The molecule has 0 spiro atoms. The summed E-state index contributed by atoms with van der Waals surface area (Å²) in [4.78, 5) is 5.25. The molecule has 0 radical (unpaired) electrons. The van der Waals surface area contributed by atoms with Crippen molar-refractivity contribution in [2.45, 2.75) is 43.8 Å². The van der Waals surface area contributed by atoms with Gasteiger partial charge in [0.1, 0.15) is 0 Å². The molecule has 0 unspecified atom stereocenters. The zero-order valence-electron chi connectivity index (χ0n) is 11.5. The van der Waals surface area contributed by atoms with Crippen LogP contribution < -0.4 is 10.0 Å². The normalized spacial score (nSPS) is 15.5. The highest BCUT2D eigenvalue weighted by Crippen LogP contribution is 2.22. The molecule has 114 valence electrons. The Bertz CT molecular complexity index is 718. The van der Waals surface area contributed by atoms with Gasteiger partial charge in [0.15, 0.2) is 5.82 Å². The average Bonchev–Trinajstić information content (AvgIpc) is 2.97. The van der Waals surface area contributed by atoms with Crippen LogP contribution in [0.1, 0.15) is 29.4 Å². The van der Waals surface area contributed by atoms with Crippen LogP contribution >= 0.6 is 11.3 Å². The third kappa shape index (κ3) is 3.88. The minimum atomic E-state index is -3.54. The van der Waals surface area contributed by atoms with E-state index in [9.17, 15) is 8.42 Å². The Morgan fingerprint density at radius 3 is 2.90 bits per heavy atom. The maximum Gasteiger partial charge on any atom is 0.241 e. The van der Waals surface area contributed by atoms with Gasteiger partial charge < -0.3 is 9.84 Å². The summed E-state index contributed by atoms with van der Waals surface area (Å²) >= 11 is 1.44. The van der Waals surface area contributed by atoms with Crippen LogP contribution in [0, 0.1) is 6.92 Å². The standard InChI is InChI=1S/C12H16N4O3S2/c1-8-15-12(16-19-8)6-14-21(17,18)11-4-10(20-7-11)5-13-9-2-3-9/h4,7,9,13-14H,2-3,5-6H2,1H3. The number of rotatable bonds is 7. The molecule has 3 rings (SSSR count). The third-order valence-electron chi connectivity index (χ3n) is 3.07. The molecule has 7 nitrogen and oxygen atoms in total. The minimum absolute atomic E-state index is 0.0190. The SMILES string of the molecule is Cc1nc(CNS(=O)(=O)c2csc(CNC3CC3)c2)no1. The van der Waals surface area contributed by atoms with Crippen molar-refractivity contribution in [3.05, 3.63) is 28.0 Å². The van der Waals surface area contributed by atoms with E-state index in [4.69, 9.17) is 4.52 Å². The molecule has 0 aromatic carbocycles. The van der Waals surface area contributed by atoms with Gasteiger partial charge in [-0.25, -0.2) is 13.1 Å². The number of hydrogen-bond donors (Lipinski definition) is 2. The van der Waals surface area contributed by atoms with Gasteiger partial charge in [-0.1, -0.05) is 5.16 Å². The minimum Gasteiger partial charge on any atom is -0.340 e. The summed E-state index contributed by atoms with van der Waals surface area (Å²) in [7, 11) is -3.54. The van der Waals surface area contributed by atoms with Gasteiger partial charge in [-0.2, -0.15) is 4.98 Å². The lowest BCUT2D eigenvalue weighted by molar-refractivity contribution is 0.387. The monoisotopic (exact) mass is 328 g/mol. The van der Waals surface area contributed by atoms with Crippen molar-refractivity contribution in [3.63, 3.8) is 0 Å². The summed E-state index contributed by atoms with van der Waals surface area (Å²) in [5.74, 6) is 0.732. The molecule has 0 bridgehead atoms. The van der Waals surface area contributed by atoms with E-state index in [2.05, 4.69) is 20.2 Å². The van der Waals surface area contributed by atoms with Crippen molar-refractivity contribution in [3.8, 4) is 0 Å². The van der Waals surface area contributed by atoms with Crippen LogP contribution in [0.2, 0.25) is 0 Å². The molecule has 2 N–H and O–H groups in total. The smallest absolute Gasteiger partial charge is 0.241 e. The highest BCUT2D eigenvalue weighted by atomic mass is 32.2. The van der Waals surface area contributed by atoms with E-state index < -0.39 is 10.0 Å². The topological polar surface area (TPSA) is 97.1 Å². The van der Waals surface area contributed by atoms with Crippen molar-refractivity contribution in [1.29, 1.82) is 0 Å². The molecule has 2 aromatic rings. The van der Waals surface area contributed by atoms with E-state index in [1.54, 1.807) is 18.4 Å². The van der Waals surface area contributed by atoms with Crippen LogP contribution in [0.4, 0.5) is 0 Å². The Balaban J connectivity index is 1.60. The first-order chi connectivity index (χ1) is 10.0. The lowest BCUT2D eigenvalue weighted by atomic mass is 10.4. The summed E-state index contributed by atoms with van der Waals surface area (Å²) in [6.45, 7) is 2.39. The summed E-state index contributed by atoms with van der Waals surface area (Å²) < 4.78 is 31.6. The molecule has 2 aromatic heterocycles. The Morgan fingerprint density at radius 1 is 1.43 bits per heavy atom. The number of thiophene rings is 1. The second-order valence-electron chi connectivity index (χ2n) is 4.96. The first-order valence-corrected chi connectivity index (χ1v) is 8.99. The maximum absolute atomic E-state index is 12.2. The van der Waals surface area contributed by atoms with Crippen molar-refractivity contribution in [2.75, 3.05) is 0 Å². The second kappa shape index (κ2) is 5.84. The van der Waals surface area contributed by atoms with Crippen LogP contribution in [0.3, 0.4) is 0 Å². The lowest BCUT2D eigenvalue weighted by Crippen LogP contribution is -2.23. The van der Waals surface area contributed by atoms with Gasteiger partial charge >= 0.3 is 0 Å². The number of sulfonamides is 1.